The van der Waals surface area contributed by atoms with Crippen LogP contribution < -0.4 is 9.80 Å². The summed E-state index contributed by atoms with van der Waals surface area (Å²) in [6.45, 7) is 0. The van der Waals surface area contributed by atoms with E-state index in [4.69, 9.17) is 0 Å². The highest BCUT2D eigenvalue weighted by molar-refractivity contribution is 6.31. The van der Waals surface area contributed by atoms with Crippen molar-refractivity contribution in [1.82, 2.24) is 15.0 Å². The summed E-state index contributed by atoms with van der Waals surface area (Å²) in [6.07, 6.45) is 7.36. The third kappa shape index (κ3) is 9.43. The molecule has 2 aliphatic carbocycles. The summed E-state index contributed by atoms with van der Waals surface area (Å²) in [4.78, 5) is 18.3. The molecule has 102 heavy (non-hydrogen) atoms. The summed E-state index contributed by atoms with van der Waals surface area (Å²) in [5, 5.41) is 9.92. The SMILES string of the molecule is c1ccc(-c2c3c(c(-c4ccccc4)c4ccccc24)-c2ccc(-c4ccc(N(c5ccncc5)c5cccc(-c6ccc7c(-c8ccccc8)c8c(c(-c9ccccc9)c7c6)-c6cccc7c(-c9ccc(N(c%10ccccc%10)c%10ncccn%10)cc9)ccc-8c67)c5)cc4)c4cccc-3c24)cc1. The highest BCUT2D eigenvalue weighted by Gasteiger charge is 2.34. The number of hydrogen-bond acceptors (Lipinski definition) is 5. The van der Waals surface area contributed by atoms with Gasteiger partial charge in [-0.25, -0.2) is 9.97 Å². The lowest BCUT2D eigenvalue weighted by atomic mass is 9.82. The van der Waals surface area contributed by atoms with Crippen molar-refractivity contribution in [3.8, 4) is 122 Å². The predicted molar refractivity (Wildman–Crippen MR) is 426 cm³/mol. The Morgan fingerprint density at radius 1 is 0.176 bits per heavy atom. The summed E-state index contributed by atoms with van der Waals surface area (Å²) in [6, 6.07) is 127. The van der Waals surface area contributed by atoms with E-state index < -0.39 is 0 Å². The van der Waals surface area contributed by atoms with Crippen molar-refractivity contribution in [2.45, 2.75) is 0 Å². The van der Waals surface area contributed by atoms with Gasteiger partial charge in [-0.05, 0) is 238 Å². The van der Waals surface area contributed by atoms with Crippen molar-refractivity contribution >= 4 is 77.5 Å². The zero-order valence-electron chi connectivity index (χ0n) is 55.5. The second-order valence-electron chi connectivity index (χ2n) is 26.5. The van der Waals surface area contributed by atoms with Crippen LogP contribution in [-0.4, -0.2) is 15.0 Å². The van der Waals surface area contributed by atoms with Gasteiger partial charge in [0.05, 0.1) is 0 Å². The molecule has 0 radical (unpaired) electrons. The van der Waals surface area contributed by atoms with Crippen LogP contribution in [0.3, 0.4) is 0 Å². The molecule has 0 aliphatic heterocycles. The Labute approximate surface area is 591 Å². The molecule has 0 N–H and O–H groups in total. The molecule has 16 aromatic carbocycles. The number of anilines is 6. The Morgan fingerprint density at radius 2 is 0.520 bits per heavy atom. The van der Waals surface area contributed by atoms with E-state index in [1.54, 1.807) is 12.4 Å². The first-order valence-electron chi connectivity index (χ1n) is 34.9. The Kier molecular flexibility index (Phi) is 13.8. The van der Waals surface area contributed by atoms with Crippen LogP contribution >= 0.6 is 0 Å². The molecule has 0 bridgehead atoms. The molecular formula is C97H61N5. The smallest absolute Gasteiger partial charge is 0.234 e. The Bertz CT molecular complexity index is 6180. The van der Waals surface area contributed by atoms with Crippen LogP contribution in [0, 0.1) is 0 Å². The monoisotopic (exact) mass is 1300 g/mol. The second kappa shape index (κ2) is 24.1. The lowest BCUT2D eigenvalue weighted by Crippen LogP contribution is -2.12. The van der Waals surface area contributed by atoms with E-state index >= 15 is 0 Å². The summed E-state index contributed by atoms with van der Waals surface area (Å²) in [7, 11) is 0. The standard InChI is InChI=1S/C97H61N5/c1-6-22-64(23-7-1)87-79-34-16-17-35-80(79)88(65-24-8-2-9-25-65)95-84-52-50-75(77-36-19-38-82(91(77)84)93(87)95)62-40-45-71(46-41-62)101(73-54-58-98-59-55-73)74-33-18-30-68(60-74)69-44-49-81-86(61-69)90(67-28-12-4-13-29-67)94-83-39-20-37-78-76(51-53-85(92(78)83)96(94)89(81)66-26-10-3-11-27-66)63-42-47-72(48-43-63)102(70-31-14-5-15-32-70)97-99-56-21-57-100-97/h1-61H. The Morgan fingerprint density at radius 3 is 1.01 bits per heavy atom. The van der Waals surface area contributed by atoms with Crippen LogP contribution in [0.15, 0.2) is 371 Å². The maximum atomic E-state index is 4.68. The first kappa shape index (κ1) is 58.5. The van der Waals surface area contributed by atoms with E-state index in [0.717, 1.165) is 50.7 Å². The van der Waals surface area contributed by atoms with Gasteiger partial charge in [0.15, 0.2) is 0 Å². The van der Waals surface area contributed by atoms with Crippen molar-refractivity contribution < 1.29 is 0 Å². The fraction of sp³-hybridized carbons (Fsp3) is 0. The van der Waals surface area contributed by atoms with Gasteiger partial charge in [0.2, 0.25) is 5.95 Å². The highest BCUT2D eigenvalue weighted by atomic mass is 15.3. The molecule has 20 rings (SSSR count). The van der Waals surface area contributed by atoms with E-state index in [1.807, 2.05) is 36.7 Å². The van der Waals surface area contributed by atoms with Crippen molar-refractivity contribution in [2.75, 3.05) is 9.80 Å². The van der Waals surface area contributed by atoms with Gasteiger partial charge < -0.3 is 4.90 Å². The molecule has 0 spiro atoms. The zero-order valence-corrected chi connectivity index (χ0v) is 55.5. The molecule has 474 valence electrons. The molecule has 2 heterocycles. The minimum Gasteiger partial charge on any atom is -0.310 e. The molecule has 5 nitrogen and oxygen atoms in total. The molecule has 0 unspecified atom stereocenters. The minimum atomic E-state index is 0.616. The lowest BCUT2D eigenvalue weighted by Gasteiger charge is -2.26. The van der Waals surface area contributed by atoms with Gasteiger partial charge in [-0.1, -0.05) is 273 Å². The number of aromatic nitrogens is 3. The van der Waals surface area contributed by atoms with Gasteiger partial charge >= 0.3 is 0 Å². The van der Waals surface area contributed by atoms with E-state index in [9.17, 15) is 0 Å². The summed E-state index contributed by atoms with van der Waals surface area (Å²) in [5.41, 5.74) is 31.9. The van der Waals surface area contributed by atoms with Crippen molar-refractivity contribution in [3.63, 3.8) is 0 Å². The van der Waals surface area contributed by atoms with Gasteiger partial charge in [-0.15, -0.1) is 0 Å². The zero-order chi connectivity index (χ0) is 67.2. The molecule has 0 fully saturated rings. The number of rotatable bonds is 13. The minimum absolute atomic E-state index is 0.616. The Hall–Kier alpha value is -13.6. The molecule has 0 saturated heterocycles. The van der Waals surface area contributed by atoms with Crippen LogP contribution in [0.5, 0.6) is 0 Å². The average molecular weight is 1300 g/mol. The van der Waals surface area contributed by atoms with Crippen molar-refractivity contribution in [3.05, 3.63) is 371 Å². The highest BCUT2D eigenvalue weighted by Crippen LogP contribution is 2.61. The summed E-state index contributed by atoms with van der Waals surface area (Å²) < 4.78 is 0. The normalized spacial score (nSPS) is 11.7. The quantitative estimate of drug-likeness (QED) is 0.115. The third-order valence-electron chi connectivity index (χ3n) is 20.9. The van der Waals surface area contributed by atoms with Gasteiger partial charge in [-0.2, -0.15) is 0 Å². The molecule has 2 aliphatic rings. The maximum absolute atomic E-state index is 4.68. The van der Waals surface area contributed by atoms with E-state index in [2.05, 4.69) is 346 Å². The molecule has 0 saturated carbocycles. The van der Waals surface area contributed by atoms with E-state index in [-0.39, 0.29) is 0 Å². The fourth-order valence-corrected chi connectivity index (χ4v) is 16.7. The molecule has 5 heteroatoms. The first-order valence-corrected chi connectivity index (χ1v) is 34.9. The number of para-hydroxylation sites is 1. The maximum Gasteiger partial charge on any atom is 0.234 e. The second-order valence-corrected chi connectivity index (χ2v) is 26.5. The third-order valence-corrected chi connectivity index (χ3v) is 20.9. The number of pyridine rings is 1. The molecule has 0 amide bonds. The van der Waals surface area contributed by atoms with Crippen molar-refractivity contribution in [2.24, 2.45) is 0 Å². The van der Waals surface area contributed by atoms with Crippen LogP contribution in [0.4, 0.5) is 34.4 Å². The van der Waals surface area contributed by atoms with Gasteiger partial charge in [0, 0.05) is 53.2 Å². The number of benzene rings is 16. The molecule has 2 aromatic heterocycles. The van der Waals surface area contributed by atoms with Crippen LogP contribution in [0.1, 0.15) is 0 Å². The topological polar surface area (TPSA) is 45.2 Å². The van der Waals surface area contributed by atoms with Gasteiger partial charge in [0.1, 0.15) is 0 Å². The van der Waals surface area contributed by atoms with Gasteiger partial charge in [0.25, 0.3) is 0 Å². The Balaban J connectivity index is 0.702. The average Bonchev–Trinajstić information content (AvgIpc) is 1.52. The van der Waals surface area contributed by atoms with Crippen LogP contribution in [0.2, 0.25) is 0 Å². The summed E-state index contributed by atoms with van der Waals surface area (Å²) >= 11 is 0. The van der Waals surface area contributed by atoms with Crippen LogP contribution in [-0.2, 0) is 0 Å². The van der Waals surface area contributed by atoms with E-state index in [1.165, 1.54) is 143 Å². The number of nitrogens with zero attached hydrogens (tertiary/aromatic N) is 5. The number of fused-ring (bicyclic) bond motifs is 8. The fourth-order valence-electron chi connectivity index (χ4n) is 16.7. The first-order chi connectivity index (χ1) is 50.7. The van der Waals surface area contributed by atoms with Crippen molar-refractivity contribution in [1.29, 1.82) is 0 Å². The summed E-state index contributed by atoms with van der Waals surface area (Å²) in [5.74, 6) is 0.616. The predicted octanol–water partition coefficient (Wildman–Crippen LogP) is 26.4. The largest absolute Gasteiger partial charge is 0.310 e. The molecular weight excluding hydrogens is 1240 g/mol. The van der Waals surface area contributed by atoms with Gasteiger partial charge in [-0.3, -0.25) is 9.88 Å². The van der Waals surface area contributed by atoms with E-state index in [0.29, 0.717) is 5.95 Å². The number of hydrogen-bond donors (Lipinski definition) is 0. The molecule has 0 atom stereocenters. The van der Waals surface area contributed by atoms with Crippen LogP contribution in [0.25, 0.3) is 165 Å². The lowest BCUT2D eigenvalue weighted by molar-refractivity contribution is 1.08. The molecule has 18 aromatic rings.